The van der Waals surface area contributed by atoms with Gasteiger partial charge in [-0.1, -0.05) is 5.57 Å². The predicted molar refractivity (Wildman–Crippen MR) is 67.4 cm³/mol. The molecule has 0 spiro atoms. The first-order chi connectivity index (χ1) is 7.54. The van der Waals surface area contributed by atoms with Gasteiger partial charge in [-0.15, -0.1) is 6.58 Å². The van der Waals surface area contributed by atoms with E-state index < -0.39 is 0 Å². The zero-order valence-corrected chi connectivity index (χ0v) is 10.7. The Morgan fingerprint density at radius 1 is 1.44 bits per heavy atom. The van der Waals surface area contributed by atoms with Gasteiger partial charge >= 0.3 is 0 Å². The van der Waals surface area contributed by atoms with E-state index >= 15 is 0 Å². The molecule has 1 atom stereocenters. The Kier molecular flexibility index (Phi) is 4.62. The molecule has 1 rings (SSSR count). The van der Waals surface area contributed by atoms with Gasteiger partial charge in [-0.25, -0.2) is 0 Å². The lowest BCUT2D eigenvalue weighted by Crippen LogP contribution is -2.18. The van der Waals surface area contributed by atoms with E-state index in [1.54, 1.807) is 0 Å². The fourth-order valence-corrected chi connectivity index (χ4v) is 1.77. The van der Waals surface area contributed by atoms with Gasteiger partial charge in [0.2, 0.25) is 0 Å². The Bertz CT molecular complexity index is 371. The summed E-state index contributed by atoms with van der Waals surface area (Å²) in [7, 11) is 1.98. The van der Waals surface area contributed by atoms with Gasteiger partial charge < -0.3 is 5.32 Å². The van der Waals surface area contributed by atoms with E-state index in [9.17, 15) is 0 Å². The molecule has 1 heterocycles. The fourth-order valence-electron chi connectivity index (χ4n) is 1.77. The van der Waals surface area contributed by atoms with Crippen LogP contribution in [0.25, 0.3) is 0 Å². The van der Waals surface area contributed by atoms with Crippen molar-refractivity contribution in [3.63, 3.8) is 0 Å². The summed E-state index contributed by atoms with van der Waals surface area (Å²) >= 11 is 0. The lowest BCUT2D eigenvalue weighted by Gasteiger charge is -2.18. The van der Waals surface area contributed by atoms with Crippen LogP contribution < -0.4 is 5.32 Å². The highest BCUT2D eigenvalue weighted by atomic mass is 15.1. The van der Waals surface area contributed by atoms with Gasteiger partial charge in [-0.05, 0) is 52.3 Å². The van der Waals surface area contributed by atoms with Crippen LogP contribution in [-0.4, -0.2) is 17.2 Å². The van der Waals surface area contributed by atoms with E-state index in [-0.39, 0.29) is 0 Å². The van der Waals surface area contributed by atoms with Crippen LogP contribution >= 0.6 is 0 Å². The van der Waals surface area contributed by atoms with E-state index in [4.69, 9.17) is 0 Å². The van der Waals surface area contributed by atoms with E-state index in [0.29, 0.717) is 6.04 Å². The van der Waals surface area contributed by atoms with Gasteiger partial charge in [0.15, 0.2) is 0 Å². The Morgan fingerprint density at radius 2 is 2.12 bits per heavy atom. The van der Waals surface area contributed by atoms with E-state index in [1.165, 1.54) is 11.1 Å². The minimum Gasteiger partial charge on any atom is -0.313 e. The summed E-state index contributed by atoms with van der Waals surface area (Å²) in [6, 6.07) is 2.45. The molecule has 0 bridgehead atoms. The van der Waals surface area contributed by atoms with Crippen LogP contribution in [0.5, 0.6) is 0 Å². The molecule has 0 aliphatic rings. The number of aryl methyl sites for hydroxylation is 2. The molecule has 1 N–H and O–H groups in total. The molecular formula is C13H21N3. The highest BCUT2D eigenvalue weighted by molar-refractivity contribution is 5.23. The molecule has 3 heteroatoms. The van der Waals surface area contributed by atoms with Gasteiger partial charge in [0.1, 0.15) is 0 Å². The molecular weight excluding hydrogens is 198 g/mol. The summed E-state index contributed by atoms with van der Waals surface area (Å²) in [5, 5.41) is 11.6. The lowest BCUT2D eigenvalue weighted by molar-refractivity contribution is 0.541. The summed E-state index contributed by atoms with van der Waals surface area (Å²) < 4.78 is 0. The second-order valence-electron chi connectivity index (χ2n) is 4.36. The highest BCUT2D eigenvalue weighted by Gasteiger charge is 2.13. The van der Waals surface area contributed by atoms with Crippen LogP contribution in [0.4, 0.5) is 0 Å². The third-order valence-corrected chi connectivity index (χ3v) is 2.72. The number of allylic oxidation sites excluding steroid dienone is 1. The van der Waals surface area contributed by atoms with Crippen LogP contribution in [-0.2, 0) is 0 Å². The molecule has 1 aromatic heterocycles. The molecule has 0 fully saturated rings. The summed E-state index contributed by atoms with van der Waals surface area (Å²) in [4.78, 5) is 0. The van der Waals surface area contributed by atoms with Crippen LogP contribution in [0.3, 0.4) is 0 Å². The quantitative estimate of drug-likeness (QED) is 0.774. The fraction of sp³-hybridized carbons (Fsp3) is 0.538. The third-order valence-electron chi connectivity index (χ3n) is 2.72. The zero-order valence-electron chi connectivity index (χ0n) is 10.7. The molecule has 16 heavy (non-hydrogen) atoms. The number of hydrogen-bond acceptors (Lipinski definition) is 3. The molecule has 3 nitrogen and oxygen atoms in total. The van der Waals surface area contributed by atoms with Gasteiger partial charge in [0.25, 0.3) is 0 Å². The first-order valence-corrected chi connectivity index (χ1v) is 5.67. The maximum absolute atomic E-state index is 4.16. The molecule has 0 saturated heterocycles. The van der Waals surface area contributed by atoms with Crippen molar-refractivity contribution < 1.29 is 0 Å². The normalized spacial score (nSPS) is 12.5. The highest BCUT2D eigenvalue weighted by Crippen LogP contribution is 2.22. The summed E-state index contributed by atoms with van der Waals surface area (Å²) in [5.74, 6) is 0. The second kappa shape index (κ2) is 5.75. The third kappa shape index (κ3) is 3.42. The second-order valence-corrected chi connectivity index (χ2v) is 4.36. The standard InChI is InChI=1S/C13H21N3/c1-9(2)6-7-13(14-5)12-8-10(3)15-16-11(12)4/h8,13-14H,1,6-7H2,2-5H3. The molecule has 0 aliphatic carbocycles. The number of nitrogens with one attached hydrogen (secondary N) is 1. The first kappa shape index (κ1) is 12.8. The average Bonchev–Trinajstić information content (AvgIpc) is 2.23. The Labute approximate surface area is 98.0 Å². The monoisotopic (exact) mass is 219 g/mol. The van der Waals surface area contributed by atoms with Crippen LogP contribution in [0.2, 0.25) is 0 Å². The van der Waals surface area contributed by atoms with Gasteiger partial charge in [0, 0.05) is 6.04 Å². The molecule has 0 aliphatic heterocycles. The van der Waals surface area contributed by atoms with Crippen molar-refractivity contribution in [2.75, 3.05) is 7.05 Å². The summed E-state index contributed by atoms with van der Waals surface area (Å²) in [5.41, 5.74) is 4.44. The number of hydrogen-bond donors (Lipinski definition) is 1. The lowest BCUT2D eigenvalue weighted by atomic mass is 9.99. The van der Waals surface area contributed by atoms with Crippen LogP contribution in [0.1, 0.15) is 42.8 Å². The molecule has 0 aromatic carbocycles. The summed E-state index contributed by atoms with van der Waals surface area (Å²) in [6.07, 6.45) is 2.09. The van der Waals surface area contributed by atoms with Crippen molar-refractivity contribution in [2.45, 2.75) is 39.7 Å². The first-order valence-electron chi connectivity index (χ1n) is 5.67. The van der Waals surface area contributed by atoms with E-state index in [1.807, 2.05) is 20.9 Å². The van der Waals surface area contributed by atoms with Crippen molar-refractivity contribution in [3.8, 4) is 0 Å². The Morgan fingerprint density at radius 3 is 2.69 bits per heavy atom. The molecule has 1 aromatic rings. The summed E-state index contributed by atoms with van der Waals surface area (Å²) in [6.45, 7) is 9.98. The predicted octanol–water partition coefficient (Wildman–Crippen LogP) is 2.71. The minimum absolute atomic E-state index is 0.339. The van der Waals surface area contributed by atoms with Gasteiger partial charge in [-0.2, -0.15) is 10.2 Å². The van der Waals surface area contributed by atoms with Crippen LogP contribution in [0.15, 0.2) is 18.2 Å². The SMILES string of the molecule is C=C(C)CCC(NC)c1cc(C)nnc1C. The Balaban J connectivity index is 2.85. The molecule has 0 radical (unpaired) electrons. The van der Waals surface area contributed by atoms with Gasteiger partial charge in [0.05, 0.1) is 11.4 Å². The Hall–Kier alpha value is -1.22. The molecule has 88 valence electrons. The topological polar surface area (TPSA) is 37.8 Å². The van der Waals surface area contributed by atoms with Crippen molar-refractivity contribution in [1.82, 2.24) is 15.5 Å². The number of nitrogens with zero attached hydrogens (tertiary/aromatic N) is 2. The largest absolute Gasteiger partial charge is 0.313 e. The number of rotatable bonds is 5. The van der Waals surface area contributed by atoms with Crippen molar-refractivity contribution in [2.24, 2.45) is 0 Å². The minimum atomic E-state index is 0.339. The molecule has 0 amide bonds. The zero-order chi connectivity index (χ0) is 12.1. The molecule has 1 unspecified atom stereocenters. The maximum atomic E-state index is 4.16. The average molecular weight is 219 g/mol. The van der Waals surface area contributed by atoms with E-state index in [2.05, 4.69) is 35.1 Å². The van der Waals surface area contributed by atoms with Crippen molar-refractivity contribution in [1.29, 1.82) is 0 Å². The smallest absolute Gasteiger partial charge is 0.0648 e. The van der Waals surface area contributed by atoms with Crippen molar-refractivity contribution in [3.05, 3.63) is 35.2 Å². The van der Waals surface area contributed by atoms with Gasteiger partial charge in [-0.3, -0.25) is 0 Å². The number of aromatic nitrogens is 2. The maximum Gasteiger partial charge on any atom is 0.0648 e. The van der Waals surface area contributed by atoms with E-state index in [0.717, 1.165) is 24.2 Å². The van der Waals surface area contributed by atoms with Crippen molar-refractivity contribution >= 4 is 0 Å². The van der Waals surface area contributed by atoms with Crippen LogP contribution in [0, 0.1) is 13.8 Å². The molecule has 0 saturated carbocycles.